The molecule has 1 atom stereocenters. The van der Waals surface area contributed by atoms with Crippen LogP contribution >= 0.6 is 0 Å². The third kappa shape index (κ3) is 4.22. The summed E-state index contributed by atoms with van der Waals surface area (Å²) in [6.45, 7) is 1.18. The molecule has 0 saturated carbocycles. The highest BCUT2D eigenvalue weighted by Crippen LogP contribution is 2.01. The van der Waals surface area contributed by atoms with Crippen molar-refractivity contribution in [2.75, 3.05) is 6.54 Å². The molecule has 0 aliphatic rings. The third-order valence-corrected chi connectivity index (χ3v) is 2.83. The Morgan fingerprint density at radius 3 is 2.79 bits per heavy atom. The average Bonchev–Trinajstić information content (AvgIpc) is 2.93. The summed E-state index contributed by atoms with van der Waals surface area (Å²) in [6.07, 6.45) is 4.12. The Morgan fingerprint density at radius 2 is 2.11 bits per heavy atom. The predicted octanol–water partition coefficient (Wildman–Crippen LogP) is 0.569. The van der Waals surface area contributed by atoms with Gasteiger partial charge in [-0.2, -0.15) is 5.10 Å². The topological polar surface area (TPSA) is 72.9 Å². The van der Waals surface area contributed by atoms with Gasteiger partial charge in [-0.1, -0.05) is 30.3 Å². The van der Waals surface area contributed by atoms with Gasteiger partial charge >= 0.3 is 0 Å². The number of aromatic nitrogens is 2. The molecule has 0 saturated heterocycles. The molecule has 1 aromatic carbocycles. The lowest BCUT2D eigenvalue weighted by Gasteiger charge is -2.12. The highest BCUT2D eigenvalue weighted by atomic mass is 16.2. The molecule has 0 fully saturated rings. The summed E-state index contributed by atoms with van der Waals surface area (Å²) in [5.74, 6) is -0.129. The molecular weight excluding hydrogens is 240 g/mol. The molecule has 100 valence electrons. The molecule has 0 aliphatic carbocycles. The van der Waals surface area contributed by atoms with Gasteiger partial charge in [0, 0.05) is 18.9 Å². The molecule has 0 unspecified atom stereocenters. The second-order valence-corrected chi connectivity index (χ2v) is 4.36. The maximum Gasteiger partial charge on any atom is 0.237 e. The number of carbonyl (C=O) groups excluding carboxylic acids is 1. The van der Waals surface area contributed by atoms with E-state index in [2.05, 4.69) is 10.4 Å². The maximum atomic E-state index is 11.8. The van der Waals surface area contributed by atoms with E-state index in [1.807, 2.05) is 42.6 Å². The molecule has 2 rings (SSSR count). The summed E-state index contributed by atoms with van der Waals surface area (Å²) in [6, 6.07) is 11.1. The van der Waals surface area contributed by atoms with E-state index in [4.69, 9.17) is 5.73 Å². The van der Waals surface area contributed by atoms with Crippen LogP contribution in [0.4, 0.5) is 0 Å². The monoisotopic (exact) mass is 258 g/mol. The van der Waals surface area contributed by atoms with E-state index in [0.29, 0.717) is 19.5 Å². The zero-order chi connectivity index (χ0) is 13.5. The Morgan fingerprint density at radius 1 is 1.32 bits per heavy atom. The molecule has 1 amide bonds. The highest BCUT2D eigenvalue weighted by Gasteiger charge is 2.13. The van der Waals surface area contributed by atoms with Gasteiger partial charge < -0.3 is 11.1 Å². The SMILES string of the molecule is N[C@@H](Cc1ccccc1)C(=O)NCCn1cccn1. The molecule has 19 heavy (non-hydrogen) atoms. The summed E-state index contributed by atoms with van der Waals surface area (Å²) < 4.78 is 1.77. The molecule has 5 heteroatoms. The Labute approximate surface area is 112 Å². The van der Waals surface area contributed by atoms with Crippen LogP contribution < -0.4 is 11.1 Å². The van der Waals surface area contributed by atoms with Crippen molar-refractivity contribution in [1.29, 1.82) is 0 Å². The second kappa shape index (κ2) is 6.70. The molecule has 0 spiro atoms. The van der Waals surface area contributed by atoms with Crippen LogP contribution in [0.1, 0.15) is 5.56 Å². The van der Waals surface area contributed by atoms with Crippen LogP contribution in [-0.2, 0) is 17.8 Å². The van der Waals surface area contributed by atoms with Crippen molar-refractivity contribution in [3.63, 3.8) is 0 Å². The Kier molecular flexibility index (Phi) is 4.69. The number of benzene rings is 1. The summed E-state index contributed by atoms with van der Waals surface area (Å²) in [4.78, 5) is 11.8. The van der Waals surface area contributed by atoms with E-state index in [1.165, 1.54) is 0 Å². The van der Waals surface area contributed by atoms with Crippen molar-refractivity contribution in [1.82, 2.24) is 15.1 Å². The summed E-state index contributed by atoms with van der Waals surface area (Å²) in [5, 5.41) is 6.88. The van der Waals surface area contributed by atoms with Crippen LogP contribution in [0.25, 0.3) is 0 Å². The molecule has 5 nitrogen and oxygen atoms in total. The Hall–Kier alpha value is -2.14. The van der Waals surface area contributed by atoms with Crippen LogP contribution in [0, 0.1) is 0 Å². The van der Waals surface area contributed by atoms with Crippen molar-refractivity contribution >= 4 is 5.91 Å². The molecule has 0 aliphatic heterocycles. The van der Waals surface area contributed by atoms with Gasteiger partial charge in [0.05, 0.1) is 12.6 Å². The zero-order valence-electron chi connectivity index (χ0n) is 10.7. The first-order valence-electron chi connectivity index (χ1n) is 6.30. The number of nitrogens with zero attached hydrogens (tertiary/aromatic N) is 2. The van der Waals surface area contributed by atoms with E-state index in [-0.39, 0.29) is 5.91 Å². The molecule has 2 aromatic rings. The van der Waals surface area contributed by atoms with Crippen LogP contribution in [0.3, 0.4) is 0 Å². The first-order valence-corrected chi connectivity index (χ1v) is 6.30. The fourth-order valence-corrected chi connectivity index (χ4v) is 1.82. The van der Waals surface area contributed by atoms with E-state index in [1.54, 1.807) is 10.9 Å². The molecule has 0 radical (unpaired) electrons. The number of nitrogens with two attached hydrogens (primary N) is 1. The van der Waals surface area contributed by atoms with Gasteiger partial charge in [0.25, 0.3) is 0 Å². The van der Waals surface area contributed by atoms with Crippen LogP contribution in [0.15, 0.2) is 48.8 Å². The van der Waals surface area contributed by atoms with E-state index in [0.717, 1.165) is 5.56 Å². The van der Waals surface area contributed by atoms with E-state index < -0.39 is 6.04 Å². The molecular formula is C14H18N4O. The largest absolute Gasteiger partial charge is 0.353 e. The lowest BCUT2D eigenvalue weighted by molar-refractivity contribution is -0.122. The molecule has 1 aromatic heterocycles. The van der Waals surface area contributed by atoms with Crippen LogP contribution in [0.5, 0.6) is 0 Å². The summed E-state index contributed by atoms with van der Waals surface area (Å²) in [5.41, 5.74) is 6.94. The lowest BCUT2D eigenvalue weighted by Crippen LogP contribution is -2.43. The number of carbonyl (C=O) groups is 1. The van der Waals surface area contributed by atoms with Gasteiger partial charge in [0.1, 0.15) is 0 Å². The van der Waals surface area contributed by atoms with Crippen molar-refractivity contribution in [3.05, 3.63) is 54.4 Å². The third-order valence-electron chi connectivity index (χ3n) is 2.83. The number of rotatable bonds is 6. The summed E-state index contributed by atoms with van der Waals surface area (Å²) in [7, 11) is 0. The average molecular weight is 258 g/mol. The zero-order valence-corrected chi connectivity index (χ0v) is 10.7. The lowest BCUT2D eigenvalue weighted by atomic mass is 10.1. The molecule has 3 N–H and O–H groups in total. The van der Waals surface area contributed by atoms with Gasteiger partial charge in [-0.25, -0.2) is 0 Å². The Bertz CT molecular complexity index is 495. The van der Waals surface area contributed by atoms with Gasteiger partial charge in [-0.15, -0.1) is 0 Å². The first kappa shape index (κ1) is 13.3. The minimum Gasteiger partial charge on any atom is -0.353 e. The van der Waals surface area contributed by atoms with Crippen molar-refractivity contribution < 1.29 is 4.79 Å². The number of hydrogen-bond donors (Lipinski definition) is 2. The van der Waals surface area contributed by atoms with Crippen LogP contribution in [-0.4, -0.2) is 28.3 Å². The van der Waals surface area contributed by atoms with E-state index in [9.17, 15) is 4.79 Å². The second-order valence-electron chi connectivity index (χ2n) is 4.36. The number of hydrogen-bond acceptors (Lipinski definition) is 3. The van der Waals surface area contributed by atoms with Crippen molar-refractivity contribution in [3.8, 4) is 0 Å². The molecule has 1 heterocycles. The van der Waals surface area contributed by atoms with Crippen LogP contribution in [0.2, 0.25) is 0 Å². The quantitative estimate of drug-likeness (QED) is 0.795. The van der Waals surface area contributed by atoms with Gasteiger partial charge in [0.15, 0.2) is 0 Å². The Balaban J connectivity index is 1.73. The number of nitrogens with one attached hydrogen (secondary N) is 1. The predicted molar refractivity (Wildman–Crippen MR) is 73.4 cm³/mol. The number of amides is 1. The first-order chi connectivity index (χ1) is 9.25. The standard InChI is InChI=1S/C14H18N4O/c15-13(11-12-5-2-1-3-6-12)14(19)16-8-10-18-9-4-7-17-18/h1-7,9,13H,8,10-11,15H2,(H,16,19)/t13-/m0/s1. The van der Waals surface area contributed by atoms with Gasteiger partial charge in [0.2, 0.25) is 5.91 Å². The smallest absolute Gasteiger partial charge is 0.237 e. The van der Waals surface area contributed by atoms with Gasteiger partial charge in [-0.3, -0.25) is 9.48 Å². The summed E-state index contributed by atoms with van der Waals surface area (Å²) >= 11 is 0. The minimum absolute atomic E-state index is 0.129. The minimum atomic E-state index is -0.514. The fourth-order valence-electron chi connectivity index (χ4n) is 1.82. The fraction of sp³-hybridized carbons (Fsp3) is 0.286. The van der Waals surface area contributed by atoms with Crippen molar-refractivity contribution in [2.24, 2.45) is 5.73 Å². The maximum absolute atomic E-state index is 11.8. The molecule has 0 bridgehead atoms. The van der Waals surface area contributed by atoms with Gasteiger partial charge in [-0.05, 0) is 18.1 Å². The van der Waals surface area contributed by atoms with E-state index >= 15 is 0 Å². The normalized spacial score (nSPS) is 12.1. The highest BCUT2D eigenvalue weighted by molar-refractivity contribution is 5.81. The van der Waals surface area contributed by atoms with Crippen molar-refractivity contribution in [2.45, 2.75) is 19.0 Å².